The summed E-state index contributed by atoms with van der Waals surface area (Å²) in [6.45, 7) is 4.77. The first-order valence-electron chi connectivity index (χ1n) is 3.80. The highest BCUT2D eigenvalue weighted by Crippen LogP contribution is 1.99. The van der Waals surface area contributed by atoms with Crippen LogP contribution in [0.5, 0.6) is 0 Å². The maximum absolute atomic E-state index is 10.9. The Bertz CT molecular complexity index is 181. The molecular formula is C8H12ClO4. The lowest BCUT2D eigenvalue weighted by atomic mass is 10.3. The Balaban J connectivity index is 3.59. The first-order valence-corrected chi connectivity index (χ1v) is 4.34. The summed E-state index contributed by atoms with van der Waals surface area (Å²) in [5.74, 6) is -0.832. The molecule has 0 aliphatic carbocycles. The van der Waals surface area contributed by atoms with Gasteiger partial charge in [0.15, 0.2) is 0 Å². The van der Waals surface area contributed by atoms with Crippen molar-refractivity contribution in [2.75, 3.05) is 12.5 Å². The Labute approximate surface area is 82.1 Å². The molecule has 1 radical (unpaired) electrons. The maximum atomic E-state index is 10.9. The standard InChI is InChI=1S/C8H12ClO4/c1-6(13-7(2)10)5-8(11)12-4-3-9/h6H,2-5H2,1H3. The van der Waals surface area contributed by atoms with Gasteiger partial charge in [-0.05, 0) is 6.92 Å². The molecule has 0 N–H and O–H groups in total. The van der Waals surface area contributed by atoms with Crippen LogP contribution in [0.25, 0.3) is 0 Å². The number of carbonyl (C=O) groups excluding carboxylic acids is 2. The summed E-state index contributed by atoms with van der Waals surface area (Å²) in [5, 5.41) is 0. The third-order valence-electron chi connectivity index (χ3n) is 1.13. The lowest BCUT2D eigenvalue weighted by molar-refractivity contribution is -0.150. The Kier molecular flexibility index (Phi) is 6.32. The van der Waals surface area contributed by atoms with Crippen LogP contribution in [0.15, 0.2) is 0 Å². The van der Waals surface area contributed by atoms with Crippen LogP contribution in [0, 0.1) is 6.92 Å². The van der Waals surface area contributed by atoms with Crippen LogP contribution < -0.4 is 0 Å². The van der Waals surface area contributed by atoms with E-state index in [1.807, 2.05) is 0 Å². The van der Waals surface area contributed by atoms with E-state index in [1.165, 1.54) is 0 Å². The predicted octanol–water partition coefficient (Wildman–Crippen LogP) is 0.924. The van der Waals surface area contributed by atoms with Crippen LogP contribution in [0.1, 0.15) is 13.3 Å². The van der Waals surface area contributed by atoms with E-state index in [2.05, 4.69) is 16.4 Å². The number of halogens is 1. The minimum Gasteiger partial charge on any atom is -0.464 e. The highest BCUT2D eigenvalue weighted by atomic mass is 35.5. The van der Waals surface area contributed by atoms with Crippen LogP contribution >= 0.6 is 11.6 Å². The van der Waals surface area contributed by atoms with Gasteiger partial charge in [0.1, 0.15) is 12.7 Å². The maximum Gasteiger partial charge on any atom is 0.309 e. The Morgan fingerprint density at radius 3 is 2.62 bits per heavy atom. The second-order valence-electron chi connectivity index (χ2n) is 2.41. The van der Waals surface area contributed by atoms with E-state index in [4.69, 9.17) is 11.6 Å². The molecule has 0 spiro atoms. The fourth-order valence-electron chi connectivity index (χ4n) is 0.712. The monoisotopic (exact) mass is 207 g/mol. The average Bonchev–Trinajstić information content (AvgIpc) is 1.98. The largest absolute Gasteiger partial charge is 0.464 e. The van der Waals surface area contributed by atoms with Gasteiger partial charge in [0, 0.05) is 0 Å². The first kappa shape index (κ1) is 12.2. The van der Waals surface area contributed by atoms with Gasteiger partial charge in [0.25, 0.3) is 0 Å². The Hall–Kier alpha value is -0.770. The molecule has 0 heterocycles. The molecule has 0 aliphatic heterocycles. The van der Waals surface area contributed by atoms with Crippen LogP contribution in [0.3, 0.4) is 0 Å². The van der Waals surface area contributed by atoms with Crippen molar-refractivity contribution >= 4 is 23.5 Å². The molecule has 75 valence electrons. The van der Waals surface area contributed by atoms with Crippen molar-refractivity contribution in [3.8, 4) is 0 Å². The molecular weight excluding hydrogens is 196 g/mol. The van der Waals surface area contributed by atoms with Crippen LogP contribution in [0.2, 0.25) is 0 Å². The second kappa shape index (κ2) is 6.71. The summed E-state index contributed by atoms with van der Waals surface area (Å²) < 4.78 is 9.28. The first-order chi connectivity index (χ1) is 6.06. The molecule has 0 fully saturated rings. The molecule has 0 aromatic rings. The zero-order chi connectivity index (χ0) is 10.3. The van der Waals surface area contributed by atoms with E-state index in [0.29, 0.717) is 0 Å². The second-order valence-corrected chi connectivity index (χ2v) is 2.79. The van der Waals surface area contributed by atoms with E-state index < -0.39 is 18.0 Å². The van der Waals surface area contributed by atoms with E-state index >= 15 is 0 Å². The van der Waals surface area contributed by atoms with Crippen LogP contribution in [0.4, 0.5) is 0 Å². The van der Waals surface area contributed by atoms with E-state index in [0.717, 1.165) is 0 Å². The third kappa shape index (κ3) is 7.59. The van der Waals surface area contributed by atoms with Gasteiger partial charge >= 0.3 is 11.9 Å². The average molecular weight is 208 g/mol. The van der Waals surface area contributed by atoms with Crippen molar-refractivity contribution in [2.24, 2.45) is 0 Å². The Morgan fingerprint density at radius 1 is 1.54 bits per heavy atom. The van der Waals surface area contributed by atoms with Crippen molar-refractivity contribution in [1.29, 1.82) is 0 Å². The third-order valence-corrected chi connectivity index (χ3v) is 1.28. The molecule has 5 heteroatoms. The lowest BCUT2D eigenvalue weighted by Gasteiger charge is -2.10. The minimum absolute atomic E-state index is 0.0259. The van der Waals surface area contributed by atoms with Crippen LogP contribution in [-0.4, -0.2) is 30.5 Å². The highest BCUT2D eigenvalue weighted by Gasteiger charge is 2.12. The molecule has 0 amide bonds. The lowest BCUT2D eigenvalue weighted by Crippen LogP contribution is -2.19. The number of hydrogen-bond acceptors (Lipinski definition) is 4. The molecule has 0 saturated carbocycles. The molecule has 0 aliphatic rings. The van der Waals surface area contributed by atoms with Gasteiger partial charge in [-0.25, -0.2) is 0 Å². The van der Waals surface area contributed by atoms with E-state index in [9.17, 15) is 9.59 Å². The summed E-state index contributed by atoms with van der Waals surface area (Å²) in [4.78, 5) is 21.2. The molecule has 13 heavy (non-hydrogen) atoms. The smallest absolute Gasteiger partial charge is 0.309 e. The van der Waals surface area contributed by atoms with Crippen molar-refractivity contribution < 1.29 is 19.1 Å². The summed E-state index contributed by atoms with van der Waals surface area (Å²) in [6.07, 6.45) is -0.481. The van der Waals surface area contributed by atoms with Gasteiger partial charge in [-0.1, -0.05) is 0 Å². The molecule has 1 unspecified atom stereocenters. The highest BCUT2D eigenvalue weighted by molar-refractivity contribution is 6.18. The molecule has 0 rings (SSSR count). The van der Waals surface area contributed by atoms with Crippen molar-refractivity contribution in [1.82, 2.24) is 0 Å². The summed E-state index contributed by atoms with van der Waals surface area (Å²) in [5.41, 5.74) is 0. The van der Waals surface area contributed by atoms with Gasteiger partial charge in [-0.15, -0.1) is 11.6 Å². The molecule has 4 nitrogen and oxygen atoms in total. The number of ether oxygens (including phenoxy) is 2. The van der Waals surface area contributed by atoms with Gasteiger partial charge < -0.3 is 9.47 Å². The molecule has 0 bridgehead atoms. The van der Waals surface area contributed by atoms with E-state index in [-0.39, 0.29) is 18.9 Å². The topological polar surface area (TPSA) is 52.6 Å². The fourth-order valence-corrected chi connectivity index (χ4v) is 0.789. The molecule has 0 aromatic carbocycles. The van der Waals surface area contributed by atoms with Crippen molar-refractivity contribution in [2.45, 2.75) is 19.4 Å². The molecule has 1 atom stereocenters. The van der Waals surface area contributed by atoms with Crippen molar-refractivity contribution in [3.05, 3.63) is 6.92 Å². The summed E-state index contributed by atoms with van der Waals surface area (Å²) in [6, 6.07) is 0. The Morgan fingerprint density at radius 2 is 2.15 bits per heavy atom. The zero-order valence-corrected chi connectivity index (χ0v) is 8.17. The van der Waals surface area contributed by atoms with Crippen molar-refractivity contribution in [3.63, 3.8) is 0 Å². The SMILES string of the molecule is [CH2]C(=O)OC(C)CC(=O)OCCCl. The number of esters is 2. The predicted molar refractivity (Wildman–Crippen MR) is 47.2 cm³/mol. The van der Waals surface area contributed by atoms with E-state index in [1.54, 1.807) is 6.92 Å². The van der Waals surface area contributed by atoms with Gasteiger partial charge in [0.2, 0.25) is 0 Å². The van der Waals surface area contributed by atoms with Gasteiger partial charge in [0.05, 0.1) is 19.2 Å². The molecule has 0 saturated heterocycles. The minimum atomic E-state index is -0.655. The number of hydrogen-bond donors (Lipinski definition) is 0. The quantitative estimate of drug-likeness (QED) is 0.497. The summed E-state index contributed by atoms with van der Waals surface area (Å²) >= 11 is 5.29. The normalized spacial score (nSPS) is 11.9. The summed E-state index contributed by atoms with van der Waals surface area (Å²) in [7, 11) is 0. The number of carbonyl (C=O) groups is 2. The molecule has 0 aromatic heterocycles. The van der Waals surface area contributed by atoms with Gasteiger partial charge in [-0.3, -0.25) is 9.59 Å². The zero-order valence-electron chi connectivity index (χ0n) is 7.42. The number of alkyl halides is 1. The van der Waals surface area contributed by atoms with Gasteiger partial charge in [-0.2, -0.15) is 0 Å². The fraction of sp³-hybridized carbons (Fsp3) is 0.625. The number of rotatable bonds is 5. The van der Waals surface area contributed by atoms with Crippen LogP contribution in [-0.2, 0) is 19.1 Å².